The van der Waals surface area contributed by atoms with Crippen molar-refractivity contribution in [1.29, 1.82) is 0 Å². The van der Waals surface area contributed by atoms with Crippen LogP contribution in [0.3, 0.4) is 0 Å². The van der Waals surface area contributed by atoms with E-state index in [4.69, 9.17) is 0 Å². The lowest BCUT2D eigenvalue weighted by atomic mass is 9.64. The highest BCUT2D eigenvalue weighted by Crippen LogP contribution is 2.76. The first-order valence-electron chi connectivity index (χ1n) is 9.96. The third-order valence-electron chi connectivity index (χ3n) is 8.27. The first-order valence-corrected chi connectivity index (χ1v) is 14.7. The topological polar surface area (TPSA) is 0 Å². The second kappa shape index (κ2) is 6.60. The standard InChI is InChI=1S/C25H16Br6/c1-23-10-4-16(26)18(28)6-12(10)24(2)14-8-20(30)21(31)9-15(14)25(3,22(23)24)13-7-19(29)17(27)5-11(13)23/h4-9,22H,1-3H3. The smallest absolute Gasteiger partial charge is 0.0320 e. The third kappa shape index (κ3) is 2.37. The first kappa shape index (κ1) is 22.0. The summed E-state index contributed by atoms with van der Waals surface area (Å²) in [6, 6.07) is 14.1. The molecule has 3 aliphatic rings. The van der Waals surface area contributed by atoms with Crippen molar-refractivity contribution >= 4 is 95.6 Å². The Morgan fingerprint density at radius 2 is 0.581 bits per heavy atom. The quantitative estimate of drug-likeness (QED) is 0.213. The summed E-state index contributed by atoms with van der Waals surface area (Å²) in [5.74, 6) is 0.385. The van der Waals surface area contributed by atoms with E-state index in [2.05, 4.69) is 153 Å². The van der Waals surface area contributed by atoms with Gasteiger partial charge in [-0.05, 0) is 171 Å². The molecule has 3 aromatic rings. The van der Waals surface area contributed by atoms with Gasteiger partial charge >= 0.3 is 0 Å². The van der Waals surface area contributed by atoms with Gasteiger partial charge in [0.25, 0.3) is 0 Å². The lowest BCUT2D eigenvalue weighted by Gasteiger charge is -2.37. The predicted molar refractivity (Wildman–Crippen MR) is 148 cm³/mol. The van der Waals surface area contributed by atoms with Crippen molar-refractivity contribution in [3.05, 3.63) is 96.6 Å². The maximum Gasteiger partial charge on any atom is 0.0320 e. The number of hydrogen-bond donors (Lipinski definition) is 0. The Kier molecular flexibility index (Phi) is 4.69. The molecule has 0 bridgehead atoms. The maximum absolute atomic E-state index is 3.80. The van der Waals surface area contributed by atoms with E-state index >= 15 is 0 Å². The number of hydrogen-bond acceptors (Lipinski definition) is 0. The SMILES string of the molecule is CC12c3cc(Br)c(Br)cc3C3(C)c4cc(Br)c(Br)cc4C(C)(c4cc(Br)c(Br)cc41)C23. The summed E-state index contributed by atoms with van der Waals surface area (Å²) in [4.78, 5) is 0. The fourth-order valence-corrected chi connectivity index (χ4v) is 9.38. The summed E-state index contributed by atoms with van der Waals surface area (Å²) in [6.45, 7) is 7.38. The molecule has 0 heterocycles. The Balaban J connectivity index is 1.87. The molecule has 0 amide bonds. The highest BCUT2D eigenvalue weighted by Gasteiger charge is 2.73. The normalized spacial score (nSPS) is 31.5. The zero-order valence-electron chi connectivity index (χ0n) is 16.8. The molecule has 0 radical (unpaired) electrons. The molecular formula is C25H16Br6. The van der Waals surface area contributed by atoms with E-state index in [0.29, 0.717) is 5.92 Å². The average Bonchev–Trinajstić information content (AvgIpc) is 3.12. The fraction of sp³-hybridized carbons (Fsp3) is 0.280. The van der Waals surface area contributed by atoms with Gasteiger partial charge in [0.05, 0.1) is 0 Å². The van der Waals surface area contributed by atoms with Crippen molar-refractivity contribution in [1.82, 2.24) is 0 Å². The van der Waals surface area contributed by atoms with Gasteiger partial charge in [0.1, 0.15) is 0 Å². The van der Waals surface area contributed by atoms with E-state index in [1.165, 1.54) is 33.4 Å². The van der Waals surface area contributed by atoms with Crippen LogP contribution in [0.15, 0.2) is 63.2 Å². The molecule has 0 aromatic heterocycles. The molecule has 0 atom stereocenters. The van der Waals surface area contributed by atoms with E-state index in [-0.39, 0.29) is 16.2 Å². The van der Waals surface area contributed by atoms with Crippen molar-refractivity contribution in [2.24, 2.45) is 5.92 Å². The van der Waals surface area contributed by atoms with Crippen LogP contribution < -0.4 is 0 Å². The molecule has 3 aliphatic carbocycles. The van der Waals surface area contributed by atoms with Crippen LogP contribution in [-0.4, -0.2) is 0 Å². The van der Waals surface area contributed by atoms with Crippen molar-refractivity contribution in [2.45, 2.75) is 37.0 Å². The van der Waals surface area contributed by atoms with Crippen LogP contribution in [0.4, 0.5) is 0 Å². The molecule has 0 aliphatic heterocycles. The summed E-state index contributed by atoms with van der Waals surface area (Å²) in [5.41, 5.74) is 8.28. The fourth-order valence-electron chi connectivity index (χ4n) is 7.32. The lowest BCUT2D eigenvalue weighted by Crippen LogP contribution is -2.39. The number of benzene rings is 3. The zero-order chi connectivity index (χ0) is 22.2. The largest absolute Gasteiger partial charge is 0.0510 e. The van der Waals surface area contributed by atoms with Crippen LogP contribution in [0.5, 0.6) is 0 Å². The van der Waals surface area contributed by atoms with Gasteiger partial charge in [0.2, 0.25) is 0 Å². The van der Waals surface area contributed by atoms with Crippen LogP contribution in [0.2, 0.25) is 0 Å². The van der Waals surface area contributed by atoms with E-state index in [1.54, 1.807) is 0 Å². The second-order valence-electron chi connectivity index (χ2n) is 9.48. The Bertz CT molecular complexity index is 1100. The lowest BCUT2D eigenvalue weighted by molar-refractivity contribution is 0.245. The van der Waals surface area contributed by atoms with Gasteiger partial charge < -0.3 is 0 Å². The van der Waals surface area contributed by atoms with Gasteiger partial charge in [-0.1, -0.05) is 20.8 Å². The van der Waals surface area contributed by atoms with Gasteiger partial charge in [-0.3, -0.25) is 0 Å². The molecule has 0 nitrogen and oxygen atoms in total. The van der Waals surface area contributed by atoms with E-state index in [1.807, 2.05) is 0 Å². The summed E-state index contributed by atoms with van der Waals surface area (Å²) in [6.07, 6.45) is 0. The number of halogens is 6. The van der Waals surface area contributed by atoms with Crippen molar-refractivity contribution < 1.29 is 0 Å². The molecule has 3 aromatic carbocycles. The molecule has 31 heavy (non-hydrogen) atoms. The molecule has 0 saturated heterocycles. The monoisotopic (exact) mass is 790 g/mol. The van der Waals surface area contributed by atoms with Gasteiger partial charge in [0.15, 0.2) is 0 Å². The van der Waals surface area contributed by atoms with Crippen LogP contribution in [-0.2, 0) is 16.2 Å². The molecule has 6 rings (SSSR count). The first-order chi connectivity index (χ1) is 14.5. The van der Waals surface area contributed by atoms with Crippen LogP contribution >= 0.6 is 95.6 Å². The molecule has 0 fully saturated rings. The van der Waals surface area contributed by atoms with Gasteiger partial charge in [-0.15, -0.1) is 0 Å². The summed E-state index contributed by atoms with van der Waals surface area (Å²) in [5, 5.41) is 0. The van der Waals surface area contributed by atoms with Crippen molar-refractivity contribution in [3.8, 4) is 0 Å². The highest BCUT2D eigenvalue weighted by molar-refractivity contribution is 9.13. The molecule has 158 valence electrons. The van der Waals surface area contributed by atoms with Crippen LogP contribution in [0.1, 0.15) is 54.2 Å². The summed E-state index contributed by atoms with van der Waals surface area (Å²) < 4.78 is 6.66. The Labute approximate surface area is 232 Å². The minimum absolute atomic E-state index is 0.0986. The van der Waals surface area contributed by atoms with Gasteiger partial charge in [-0.25, -0.2) is 0 Å². The Morgan fingerprint density at radius 1 is 0.419 bits per heavy atom. The minimum Gasteiger partial charge on any atom is -0.0510 e. The van der Waals surface area contributed by atoms with Crippen molar-refractivity contribution in [3.63, 3.8) is 0 Å². The van der Waals surface area contributed by atoms with Crippen LogP contribution in [0, 0.1) is 5.92 Å². The minimum atomic E-state index is -0.0986. The van der Waals surface area contributed by atoms with Gasteiger partial charge in [0, 0.05) is 43.1 Å². The number of rotatable bonds is 0. The van der Waals surface area contributed by atoms with E-state index in [9.17, 15) is 0 Å². The molecule has 6 heteroatoms. The Morgan fingerprint density at radius 3 is 0.742 bits per heavy atom. The van der Waals surface area contributed by atoms with E-state index < -0.39 is 0 Å². The second-order valence-corrected chi connectivity index (χ2v) is 14.6. The van der Waals surface area contributed by atoms with Crippen molar-refractivity contribution in [2.75, 3.05) is 0 Å². The molecule has 0 saturated carbocycles. The van der Waals surface area contributed by atoms with Gasteiger partial charge in [-0.2, -0.15) is 0 Å². The molecular weight excluding hydrogens is 780 g/mol. The average molecular weight is 796 g/mol. The van der Waals surface area contributed by atoms with Crippen LogP contribution in [0.25, 0.3) is 0 Å². The molecule has 0 N–H and O–H groups in total. The zero-order valence-corrected chi connectivity index (χ0v) is 26.3. The van der Waals surface area contributed by atoms with E-state index in [0.717, 1.165) is 26.8 Å². The maximum atomic E-state index is 3.80. The Hall–Kier alpha value is 0.540. The summed E-state index contributed by atoms with van der Waals surface area (Å²) >= 11 is 22.8. The summed E-state index contributed by atoms with van der Waals surface area (Å²) in [7, 11) is 0. The highest BCUT2D eigenvalue weighted by atomic mass is 79.9. The molecule has 0 unspecified atom stereocenters. The number of fused-ring (bicyclic) bond motifs is 9. The molecule has 0 spiro atoms. The predicted octanol–water partition coefficient (Wildman–Crippen LogP) is 10.1. The third-order valence-corrected chi connectivity index (χ3v) is 13.8.